The molecule has 19 heavy (non-hydrogen) atoms. The lowest BCUT2D eigenvalue weighted by atomic mass is 10.1. The zero-order valence-electron chi connectivity index (χ0n) is 10.9. The van der Waals surface area contributed by atoms with E-state index in [-0.39, 0.29) is 18.5 Å². The smallest absolute Gasteiger partial charge is 0.123 e. The lowest BCUT2D eigenvalue weighted by Gasteiger charge is -2.33. The molecule has 0 radical (unpaired) electrons. The van der Waals surface area contributed by atoms with E-state index in [9.17, 15) is 4.39 Å². The third-order valence-corrected chi connectivity index (χ3v) is 3.18. The standard InChI is InChI=1S/C14H20FNO3/c15-13-3-1-12(2-4-13)14-11-16(6-9-19-14)5-8-18-10-7-17/h1-4,14,17H,5-11H2. The molecule has 0 saturated carbocycles. The van der Waals surface area contributed by atoms with Crippen LogP contribution in [0.2, 0.25) is 0 Å². The molecule has 1 N–H and O–H groups in total. The Kier molecular flexibility index (Phi) is 5.72. The quantitative estimate of drug-likeness (QED) is 0.788. The van der Waals surface area contributed by atoms with Crippen molar-refractivity contribution < 1.29 is 19.0 Å². The molecule has 1 aliphatic rings. The van der Waals surface area contributed by atoms with Gasteiger partial charge in [0.2, 0.25) is 0 Å². The number of benzene rings is 1. The van der Waals surface area contributed by atoms with E-state index in [2.05, 4.69) is 4.90 Å². The van der Waals surface area contributed by atoms with Gasteiger partial charge in [-0.25, -0.2) is 4.39 Å². The fourth-order valence-corrected chi connectivity index (χ4v) is 2.14. The molecule has 4 nitrogen and oxygen atoms in total. The summed E-state index contributed by atoms with van der Waals surface area (Å²) in [6.07, 6.45) is -0.00723. The number of nitrogens with zero attached hydrogens (tertiary/aromatic N) is 1. The second kappa shape index (κ2) is 7.55. The Labute approximate surface area is 112 Å². The Balaban J connectivity index is 1.81. The molecule has 2 rings (SSSR count). The number of rotatable bonds is 6. The summed E-state index contributed by atoms with van der Waals surface area (Å²) in [6, 6.07) is 6.46. The zero-order chi connectivity index (χ0) is 13.5. The largest absolute Gasteiger partial charge is 0.394 e. The van der Waals surface area contributed by atoms with Crippen molar-refractivity contribution in [2.45, 2.75) is 6.10 Å². The van der Waals surface area contributed by atoms with Crippen molar-refractivity contribution in [2.24, 2.45) is 0 Å². The third kappa shape index (κ3) is 4.54. The molecule has 0 bridgehead atoms. The normalized spacial score (nSPS) is 20.6. The van der Waals surface area contributed by atoms with E-state index in [0.717, 1.165) is 25.2 Å². The third-order valence-electron chi connectivity index (χ3n) is 3.18. The Morgan fingerprint density at radius 3 is 2.84 bits per heavy atom. The molecule has 0 amide bonds. The summed E-state index contributed by atoms with van der Waals surface area (Å²) in [6.45, 7) is 4.20. The van der Waals surface area contributed by atoms with Crippen LogP contribution in [0.3, 0.4) is 0 Å². The van der Waals surface area contributed by atoms with Gasteiger partial charge in [-0.05, 0) is 17.7 Å². The first kappa shape index (κ1) is 14.4. The number of morpholine rings is 1. The molecule has 1 aliphatic heterocycles. The highest BCUT2D eigenvalue weighted by Gasteiger charge is 2.21. The Morgan fingerprint density at radius 2 is 2.11 bits per heavy atom. The molecule has 1 fully saturated rings. The van der Waals surface area contributed by atoms with Gasteiger partial charge in [0.25, 0.3) is 0 Å². The molecule has 1 heterocycles. The van der Waals surface area contributed by atoms with Crippen LogP contribution in [0, 0.1) is 5.82 Å². The second-order valence-electron chi connectivity index (χ2n) is 4.55. The van der Waals surface area contributed by atoms with Crippen LogP contribution in [0.5, 0.6) is 0 Å². The van der Waals surface area contributed by atoms with Crippen LogP contribution in [0.15, 0.2) is 24.3 Å². The predicted octanol–water partition coefficient (Wildman–Crippen LogP) is 1.21. The monoisotopic (exact) mass is 269 g/mol. The topological polar surface area (TPSA) is 41.9 Å². The summed E-state index contributed by atoms with van der Waals surface area (Å²) < 4.78 is 23.9. The minimum atomic E-state index is -0.228. The van der Waals surface area contributed by atoms with E-state index in [1.165, 1.54) is 12.1 Å². The van der Waals surface area contributed by atoms with E-state index >= 15 is 0 Å². The van der Waals surface area contributed by atoms with Crippen molar-refractivity contribution >= 4 is 0 Å². The molecule has 1 saturated heterocycles. The van der Waals surface area contributed by atoms with E-state index in [1.807, 2.05) is 0 Å². The van der Waals surface area contributed by atoms with Gasteiger partial charge in [0, 0.05) is 19.6 Å². The van der Waals surface area contributed by atoms with Crippen LogP contribution in [-0.4, -0.2) is 56.1 Å². The van der Waals surface area contributed by atoms with E-state index < -0.39 is 0 Å². The maximum atomic E-state index is 12.9. The zero-order valence-corrected chi connectivity index (χ0v) is 10.9. The molecule has 106 valence electrons. The highest BCUT2D eigenvalue weighted by atomic mass is 19.1. The first-order valence-electron chi connectivity index (χ1n) is 6.57. The molecule has 0 aromatic heterocycles. The van der Waals surface area contributed by atoms with Crippen LogP contribution in [0.1, 0.15) is 11.7 Å². The Bertz CT molecular complexity index is 371. The highest BCUT2D eigenvalue weighted by Crippen LogP contribution is 2.22. The van der Waals surface area contributed by atoms with Gasteiger partial charge in [0.15, 0.2) is 0 Å². The highest BCUT2D eigenvalue weighted by molar-refractivity contribution is 5.19. The average molecular weight is 269 g/mol. The van der Waals surface area contributed by atoms with Crippen LogP contribution in [0.25, 0.3) is 0 Å². The lowest BCUT2D eigenvalue weighted by Crippen LogP contribution is -2.40. The number of aliphatic hydroxyl groups is 1. The molecule has 0 spiro atoms. The van der Waals surface area contributed by atoms with Gasteiger partial charge >= 0.3 is 0 Å². The van der Waals surface area contributed by atoms with Crippen LogP contribution in [-0.2, 0) is 9.47 Å². The summed E-state index contributed by atoms with van der Waals surface area (Å²) in [5, 5.41) is 8.63. The van der Waals surface area contributed by atoms with Crippen LogP contribution < -0.4 is 0 Å². The van der Waals surface area contributed by atoms with Gasteiger partial charge in [-0.1, -0.05) is 12.1 Å². The molecule has 0 aliphatic carbocycles. The summed E-state index contributed by atoms with van der Waals surface area (Å²) >= 11 is 0. The van der Waals surface area contributed by atoms with Crippen molar-refractivity contribution in [3.05, 3.63) is 35.6 Å². The lowest BCUT2D eigenvalue weighted by molar-refractivity contribution is -0.0389. The summed E-state index contributed by atoms with van der Waals surface area (Å²) in [4.78, 5) is 2.26. The second-order valence-corrected chi connectivity index (χ2v) is 4.55. The van der Waals surface area contributed by atoms with E-state index in [4.69, 9.17) is 14.6 Å². The molecular weight excluding hydrogens is 249 g/mol. The van der Waals surface area contributed by atoms with Crippen LogP contribution >= 0.6 is 0 Å². The van der Waals surface area contributed by atoms with Crippen molar-refractivity contribution in [1.29, 1.82) is 0 Å². The van der Waals surface area contributed by atoms with Gasteiger partial charge in [-0.15, -0.1) is 0 Å². The number of aliphatic hydroxyl groups excluding tert-OH is 1. The minimum absolute atomic E-state index is 0.00723. The van der Waals surface area contributed by atoms with Gasteiger partial charge < -0.3 is 14.6 Å². The fraction of sp³-hybridized carbons (Fsp3) is 0.571. The molecule has 1 aromatic carbocycles. The Morgan fingerprint density at radius 1 is 1.32 bits per heavy atom. The number of hydrogen-bond donors (Lipinski definition) is 1. The molecule has 1 aromatic rings. The number of ether oxygens (including phenoxy) is 2. The maximum Gasteiger partial charge on any atom is 0.123 e. The molecule has 5 heteroatoms. The predicted molar refractivity (Wildman–Crippen MR) is 69.4 cm³/mol. The van der Waals surface area contributed by atoms with Crippen LogP contribution in [0.4, 0.5) is 4.39 Å². The van der Waals surface area contributed by atoms with Gasteiger partial charge in [0.1, 0.15) is 5.82 Å². The number of halogens is 1. The average Bonchev–Trinajstić information content (AvgIpc) is 2.45. The van der Waals surface area contributed by atoms with Crippen molar-refractivity contribution in [2.75, 3.05) is 46.1 Å². The maximum absolute atomic E-state index is 12.9. The molecule has 1 atom stereocenters. The van der Waals surface area contributed by atoms with Gasteiger partial charge in [0.05, 0.1) is 32.5 Å². The van der Waals surface area contributed by atoms with Gasteiger partial charge in [-0.3, -0.25) is 4.90 Å². The first-order valence-corrected chi connectivity index (χ1v) is 6.57. The van der Waals surface area contributed by atoms with E-state index in [0.29, 0.717) is 19.8 Å². The molecule has 1 unspecified atom stereocenters. The SMILES string of the molecule is OCCOCCN1CCOC(c2ccc(F)cc2)C1. The van der Waals surface area contributed by atoms with Crippen molar-refractivity contribution in [3.63, 3.8) is 0 Å². The summed E-state index contributed by atoms with van der Waals surface area (Å²) in [7, 11) is 0. The Hall–Kier alpha value is -1.01. The number of hydrogen-bond acceptors (Lipinski definition) is 4. The summed E-state index contributed by atoms with van der Waals surface area (Å²) in [5.41, 5.74) is 1.00. The fourth-order valence-electron chi connectivity index (χ4n) is 2.14. The van der Waals surface area contributed by atoms with Gasteiger partial charge in [-0.2, -0.15) is 0 Å². The summed E-state index contributed by atoms with van der Waals surface area (Å²) in [5.74, 6) is -0.228. The molecular formula is C14H20FNO3. The van der Waals surface area contributed by atoms with Crippen molar-refractivity contribution in [3.8, 4) is 0 Å². The van der Waals surface area contributed by atoms with E-state index in [1.54, 1.807) is 12.1 Å². The first-order chi connectivity index (χ1) is 9.29. The minimum Gasteiger partial charge on any atom is -0.394 e. The van der Waals surface area contributed by atoms with Crippen molar-refractivity contribution in [1.82, 2.24) is 4.90 Å².